The van der Waals surface area contributed by atoms with Crippen LogP contribution in [-0.2, 0) is 6.18 Å². The number of benzene rings is 1. The first-order valence-corrected chi connectivity index (χ1v) is 5.36. The number of furan rings is 1. The van der Waals surface area contributed by atoms with Gasteiger partial charge in [0.1, 0.15) is 5.56 Å². The van der Waals surface area contributed by atoms with Gasteiger partial charge in [-0.15, -0.1) is 0 Å². The van der Waals surface area contributed by atoms with Gasteiger partial charge < -0.3 is 9.52 Å². The quantitative estimate of drug-likeness (QED) is 0.896. The van der Waals surface area contributed by atoms with Crippen molar-refractivity contribution in [2.45, 2.75) is 6.18 Å². The molecule has 7 heteroatoms. The zero-order chi connectivity index (χ0) is 14.2. The van der Waals surface area contributed by atoms with E-state index in [4.69, 9.17) is 16.7 Å². The number of rotatable bonds is 2. The summed E-state index contributed by atoms with van der Waals surface area (Å²) in [5, 5.41) is 9.32. The fraction of sp³-hybridized carbons (Fsp3) is 0.0833. The summed E-state index contributed by atoms with van der Waals surface area (Å²) >= 11 is 5.66. The first-order valence-electron chi connectivity index (χ1n) is 4.98. The molecule has 1 aromatic carbocycles. The predicted molar refractivity (Wildman–Crippen MR) is 61.1 cm³/mol. The van der Waals surface area contributed by atoms with Crippen LogP contribution < -0.4 is 0 Å². The van der Waals surface area contributed by atoms with E-state index in [9.17, 15) is 18.0 Å². The molecule has 2 rings (SSSR count). The largest absolute Gasteiger partial charge is 0.478 e. The molecule has 0 spiro atoms. The van der Waals surface area contributed by atoms with Gasteiger partial charge in [0.05, 0.1) is 6.26 Å². The Morgan fingerprint density at radius 1 is 1.21 bits per heavy atom. The summed E-state index contributed by atoms with van der Waals surface area (Å²) in [6.07, 6.45) is -4.09. The molecule has 2 aromatic rings. The van der Waals surface area contributed by atoms with Gasteiger partial charge in [0.2, 0.25) is 5.76 Å². The minimum absolute atomic E-state index is 0.142. The van der Waals surface area contributed by atoms with E-state index in [0.29, 0.717) is 5.02 Å². The molecule has 0 radical (unpaired) electrons. The first kappa shape index (κ1) is 13.5. The van der Waals surface area contributed by atoms with Crippen molar-refractivity contribution in [3.05, 3.63) is 46.9 Å². The van der Waals surface area contributed by atoms with Crippen LogP contribution in [0.25, 0.3) is 11.1 Å². The second-order valence-corrected chi connectivity index (χ2v) is 4.10. The van der Waals surface area contributed by atoms with Gasteiger partial charge in [-0.2, -0.15) is 13.2 Å². The number of hydrogen-bond donors (Lipinski definition) is 1. The van der Waals surface area contributed by atoms with Gasteiger partial charge in [0.15, 0.2) is 0 Å². The lowest BCUT2D eigenvalue weighted by Gasteiger charge is -2.04. The minimum Gasteiger partial charge on any atom is -0.478 e. The van der Waals surface area contributed by atoms with Gasteiger partial charge in [-0.3, -0.25) is 0 Å². The molecule has 1 heterocycles. The fourth-order valence-corrected chi connectivity index (χ4v) is 1.75. The van der Waals surface area contributed by atoms with Crippen LogP contribution in [0.15, 0.2) is 34.9 Å². The predicted octanol–water partition coefficient (Wildman–Crippen LogP) is 4.32. The summed E-state index contributed by atoms with van der Waals surface area (Å²) in [6.45, 7) is 0. The van der Waals surface area contributed by atoms with Crippen LogP contribution in [0, 0.1) is 0 Å². The molecule has 0 aliphatic carbocycles. The highest BCUT2D eigenvalue weighted by molar-refractivity contribution is 6.30. The molecule has 0 fully saturated rings. The van der Waals surface area contributed by atoms with E-state index >= 15 is 0 Å². The minimum atomic E-state index is -4.86. The smallest absolute Gasteiger partial charge is 0.450 e. The normalized spacial score (nSPS) is 11.6. The van der Waals surface area contributed by atoms with Crippen molar-refractivity contribution >= 4 is 17.6 Å². The Kier molecular flexibility index (Phi) is 3.28. The van der Waals surface area contributed by atoms with Gasteiger partial charge in [0.25, 0.3) is 0 Å². The highest BCUT2D eigenvalue weighted by Crippen LogP contribution is 2.38. The van der Waals surface area contributed by atoms with Crippen LogP contribution in [0.2, 0.25) is 5.02 Å². The maximum absolute atomic E-state index is 12.6. The summed E-state index contributed by atoms with van der Waals surface area (Å²) in [7, 11) is 0. The Labute approximate surface area is 110 Å². The molecule has 0 atom stereocenters. The maximum atomic E-state index is 12.6. The number of carboxylic acid groups (broad SMARTS) is 1. The molecule has 3 nitrogen and oxygen atoms in total. The third-order valence-electron chi connectivity index (χ3n) is 2.42. The van der Waals surface area contributed by atoms with Crippen LogP contribution >= 0.6 is 11.6 Å². The van der Waals surface area contributed by atoms with Gasteiger partial charge in [-0.05, 0) is 17.7 Å². The van der Waals surface area contributed by atoms with Gasteiger partial charge in [0, 0.05) is 10.6 Å². The van der Waals surface area contributed by atoms with E-state index < -0.39 is 23.5 Å². The van der Waals surface area contributed by atoms with Crippen molar-refractivity contribution in [3.8, 4) is 11.1 Å². The number of hydrogen-bond acceptors (Lipinski definition) is 2. The zero-order valence-corrected chi connectivity index (χ0v) is 9.92. The third kappa shape index (κ3) is 2.58. The Morgan fingerprint density at radius 3 is 2.26 bits per heavy atom. The summed E-state index contributed by atoms with van der Waals surface area (Å²) in [5.41, 5.74) is -0.771. The monoisotopic (exact) mass is 290 g/mol. The van der Waals surface area contributed by atoms with E-state index in [0.717, 1.165) is 6.26 Å². The molecule has 1 aromatic heterocycles. The fourth-order valence-electron chi connectivity index (χ4n) is 1.62. The Balaban J connectivity index is 2.62. The van der Waals surface area contributed by atoms with Crippen molar-refractivity contribution in [3.63, 3.8) is 0 Å². The molecule has 1 N–H and O–H groups in total. The van der Waals surface area contributed by atoms with Crippen molar-refractivity contribution in [2.75, 3.05) is 0 Å². The summed E-state index contributed by atoms with van der Waals surface area (Å²) in [6, 6.07) is 5.73. The molecule has 0 amide bonds. The number of carbonyl (C=O) groups is 1. The topological polar surface area (TPSA) is 50.4 Å². The summed E-state index contributed by atoms with van der Waals surface area (Å²) in [4.78, 5) is 11.0. The van der Waals surface area contributed by atoms with Crippen LogP contribution in [0.5, 0.6) is 0 Å². The lowest BCUT2D eigenvalue weighted by molar-refractivity contribution is -0.153. The van der Waals surface area contributed by atoms with E-state index in [-0.39, 0.29) is 11.1 Å². The summed E-state index contributed by atoms with van der Waals surface area (Å²) in [5.74, 6) is -3.23. The second kappa shape index (κ2) is 4.62. The zero-order valence-electron chi connectivity index (χ0n) is 9.16. The number of carboxylic acids is 1. The summed E-state index contributed by atoms with van der Waals surface area (Å²) < 4.78 is 42.2. The van der Waals surface area contributed by atoms with E-state index in [1.54, 1.807) is 0 Å². The van der Waals surface area contributed by atoms with Gasteiger partial charge in [-0.25, -0.2) is 4.79 Å². The standard InChI is InChI=1S/C12H6ClF3O3/c13-7-3-1-6(2-4-7)8-5-19-10(12(14,15)16)9(8)11(17)18/h1-5H,(H,17,18). The molecule has 0 aliphatic heterocycles. The third-order valence-corrected chi connectivity index (χ3v) is 2.67. The Hall–Kier alpha value is -1.95. The van der Waals surface area contributed by atoms with E-state index in [1.807, 2.05) is 0 Å². The molecule has 0 saturated carbocycles. The maximum Gasteiger partial charge on any atom is 0.450 e. The average molecular weight is 291 g/mol. The van der Waals surface area contributed by atoms with Crippen molar-refractivity contribution < 1.29 is 27.5 Å². The molecular formula is C12H6ClF3O3. The lowest BCUT2D eigenvalue weighted by atomic mass is 10.0. The molecule has 19 heavy (non-hydrogen) atoms. The number of halogens is 4. The van der Waals surface area contributed by atoms with Crippen LogP contribution in [-0.4, -0.2) is 11.1 Å². The molecule has 100 valence electrons. The van der Waals surface area contributed by atoms with Crippen molar-refractivity contribution in [1.82, 2.24) is 0 Å². The average Bonchev–Trinajstić information content (AvgIpc) is 2.74. The van der Waals surface area contributed by atoms with Crippen molar-refractivity contribution in [2.24, 2.45) is 0 Å². The highest BCUT2D eigenvalue weighted by Gasteiger charge is 2.41. The molecule has 0 bridgehead atoms. The first-order chi connectivity index (χ1) is 8.80. The van der Waals surface area contributed by atoms with E-state index in [2.05, 4.69) is 4.42 Å². The lowest BCUT2D eigenvalue weighted by Crippen LogP contribution is -2.10. The molecule has 0 aliphatic rings. The Morgan fingerprint density at radius 2 is 1.79 bits per heavy atom. The Bertz CT molecular complexity index is 614. The van der Waals surface area contributed by atoms with E-state index in [1.165, 1.54) is 24.3 Å². The van der Waals surface area contributed by atoms with Gasteiger partial charge >= 0.3 is 12.1 Å². The number of alkyl halides is 3. The van der Waals surface area contributed by atoms with Crippen LogP contribution in [0.1, 0.15) is 16.1 Å². The highest BCUT2D eigenvalue weighted by atomic mass is 35.5. The molecule has 0 unspecified atom stereocenters. The number of aromatic carboxylic acids is 1. The van der Waals surface area contributed by atoms with Crippen molar-refractivity contribution in [1.29, 1.82) is 0 Å². The SMILES string of the molecule is O=C(O)c1c(-c2ccc(Cl)cc2)coc1C(F)(F)F. The second-order valence-electron chi connectivity index (χ2n) is 3.66. The van der Waals surface area contributed by atoms with Crippen LogP contribution in [0.3, 0.4) is 0 Å². The van der Waals surface area contributed by atoms with Crippen LogP contribution in [0.4, 0.5) is 13.2 Å². The van der Waals surface area contributed by atoms with Gasteiger partial charge in [-0.1, -0.05) is 23.7 Å². The molecular weight excluding hydrogens is 285 g/mol. The molecule has 0 saturated heterocycles.